The van der Waals surface area contributed by atoms with Crippen molar-refractivity contribution in [2.45, 2.75) is 52.2 Å². The maximum absolute atomic E-state index is 6.03. The maximum Gasteiger partial charge on any atom is 0.131 e. The van der Waals surface area contributed by atoms with Crippen LogP contribution in [0.3, 0.4) is 0 Å². The van der Waals surface area contributed by atoms with Crippen molar-refractivity contribution in [1.29, 1.82) is 0 Å². The number of anilines is 1. The summed E-state index contributed by atoms with van der Waals surface area (Å²) in [6.45, 7) is 8.52. The second-order valence-corrected chi connectivity index (χ2v) is 6.34. The van der Waals surface area contributed by atoms with E-state index in [1.807, 2.05) is 6.20 Å². The number of ether oxygens (including phenoxy) is 1. The molecule has 4 heteroatoms. The first-order chi connectivity index (χ1) is 10.0. The predicted octanol–water partition coefficient (Wildman–Crippen LogP) is 2.53. The SMILES string of the molecule is CCC(N)Cc1cnc(N2CCC(C)C(OC)C2)c(C)c1. The van der Waals surface area contributed by atoms with E-state index in [1.165, 1.54) is 11.1 Å². The summed E-state index contributed by atoms with van der Waals surface area (Å²) >= 11 is 0. The van der Waals surface area contributed by atoms with E-state index >= 15 is 0 Å². The van der Waals surface area contributed by atoms with E-state index in [4.69, 9.17) is 15.5 Å². The summed E-state index contributed by atoms with van der Waals surface area (Å²) in [5.74, 6) is 1.71. The Balaban J connectivity index is 2.10. The normalized spacial score (nSPS) is 24.1. The molecule has 0 bridgehead atoms. The third kappa shape index (κ3) is 3.95. The highest BCUT2D eigenvalue weighted by atomic mass is 16.5. The van der Waals surface area contributed by atoms with Crippen molar-refractivity contribution >= 4 is 5.82 Å². The molecular weight excluding hydrogens is 262 g/mol. The largest absolute Gasteiger partial charge is 0.379 e. The van der Waals surface area contributed by atoms with Gasteiger partial charge < -0.3 is 15.4 Å². The number of nitrogens with two attached hydrogens (primary N) is 1. The molecule has 0 saturated carbocycles. The number of rotatable bonds is 5. The number of methoxy groups -OCH3 is 1. The molecule has 1 aromatic rings. The zero-order chi connectivity index (χ0) is 15.4. The summed E-state index contributed by atoms with van der Waals surface area (Å²) in [6, 6.07) is 2.46. The van der Waals surface area contributed by atoms with Crippen LogP contribution in [0, 0.1) is 12.8 Å². The number of hydrogen-bond donors (Lipinski definition) is 1. The van der Waals surface area contributed by atoms with Crippen molar-refractivity contribution < 1.29 is 4.74 Å². The third-order valence-electron chi connectivity index (χ3n) is 4.62. The molecule has 1 saturated heterocycles. The fraction of sp³-hybridized carbons (Fsp3) is 0.706. The minimum absolute atomic E-state index is 0.228. The molecule has 118 valence electrons. The fourth-order valence-electron chi connectivity index (χ4n) is 3.05. The Hall–Kier alpha value is -1.13. The highest BCUT2D eigenvalue weighted by Gasteiger charge is 2.27. The van der Waals surface area contributed by atoms with Gasteiger partial charge in [0.05, 0.1) is 6.10 Å². The minimum atomic E-state index is 0.228. The Kier molecular flexibility index (Phi) is 5.59. The van der Waals surface area contributed by atoms with Gasteiger partial charge in [0.2, 0.25) is 0 Å². The number of hydrogen-bond acceptors (Lipinski definition) is 4. The Morgan fingerprint density at radius 1 is 1.52 bits per heavy atom. The zero-order valence-electron chi connectivity index (χ0n) is 13.8. The van der Waals surface area contributed by atoms with Gasteiger partial charge in [0.25, 0.3) is 0 Å². The van der Waals surface area contributed by atoms with Crippen LogP contribution in [0.2, 0.25) is 0 Å². The van der Waals surface area contributed by atoms with Crippen molar-refractivity contribution in [3.8, 4) is 0 Å². The summed E-state index contributed by atoms with van der Waals surface area (Å²) in [5.41, 5.74) is 8.50. The number of nitrogens with zero attached hydrogens (tertiary/aromatic N) is 2. The summed E-state index contributed by atoms with van der Waals surface area (Å²) < 4.78 is 5.60. The molecule has 0 aromatic carbocycles. The average molecular weight is 291 g/mol. The van der Waals surface area contributed by atoms with Crippen LogP contribution < -0.4 is 10.6 Å². The second-order valence-electron chi connectivity index (χ2n) is 6.34. The molecule has 21 heavy (non-hydrogen) atoms. The average Bonchev–Trinajstić information content (AvgIpc) is 2.48. The van der Waals surface area contributed by atoms with E-state index in [0.29, 0.717) is 12.0 Å². The molecule has 0 spiro atoms. The molecule has 3 unspecified atom stereocenters. The van der Waals surface area contributed by atoms with Crippen molar-refractivity contribution in [2.24, 2.45) is 11.7 Å². The van der Waals surface area contributed by atoms with Gasteiger partial charge in [-0.1, -0.05) is 19.9 Å². The molecule has 1 aliphatic heterocycles. The van der Waals surface area contributed by atoms with Crippen LogP contribution in [0.4, 0.5) is 5.82 Å². The van der Waals surface area contributed by atoms with E-state index in [1.54, 1.807) is 7.11 Å². The first kappa shape index (κ1) is 16.2. The van der Waals surface area contributed by atoms with Crippen LogP contribution >= 0.6 is 0 Å². The predicted molar refractivity (Wildman–Crippen MR) is 87.7 cm³/mol. The van der Waals surface area contributed by atoms with E-state index in [9.17, 15) is 0 Å². The molecule has 2 N–H and O–H groups in total. The molecule has 2 rings (SSSR count). The van der Waals surface area contributed by atoms with Gasteiger partial charge in [-0.15, -0.1) is 0 Å². The molecule has 1 aliphatic rings. The number of piperidine rings is 1. The topological polar surface area (TPSA) is 51.4 Å². The number of pyridine rings is 1. The smallest absolute Gasteiger partial charge is 0.131 e. The highest BCUT2D eigenvalue weighted by molar-refractivity contribution is 5.48. The molecule has 1 aromatic heterocycles. The van der Waals surface area contributed by atoms with E-state index < -0.39 is 0 Å². The van der Waals surface area contributed by atoms with Crippen molar-refractivity contribution in [3.63, 3.8) is 0 Å². The summed E-state index contributed by atoms with van der Waals surface area (Å²) in [5, 5.41) is 0. The quantitative estimate of drug-likeness (QED) is 0.906. The van der Waals surface area contributed by atoms with Gasteiger partial charge >= 0.3 is 0 Å². The number of aromatic nitrogens is 1. The monoisotopic (exact) mass is 291 g/mol. The van der Waals surface area contributed by atoms with Crippen LogP contribution in [-0.2, 0) is 11.2 Å². The summed E-state index contributed by atoms with van der Waals surface area (Å²) in [7, 11) is 1.81. The van der Waals surface area contributed by atoms with Crippen molar-refractivity contribution in [1.82, 2.24) is 4.98 Å². The van der Waals surface area contributed by atoms with Crippen LogP contribution in [0.5, 0.6) is 0 Å². The Morgan fingerprint density at radius 2 is 2.29 bits per heavy atom. The highest BCUT2D eigenvalue weighted by Crippen LogP contribution is 2.26. The van der Waals surface area contributed by atoms with Gasteiger partial charge in [0.1, 0.15) is 5.82 Å². The first-order valence-corrected chi connectivity index (χ1v) is 8.04. The molecule has 1 fully saturated rings. The Morgan fingerprint density at radius 3 is 2.90 bits per heavy atom. The third-order valence-corrected chi connectivity index (χ3v) is 4.62. The zero-order valence-corrected chi connectivity index (χ0v) is 13.8. The van der Waals surface area contributed by atoms with Gasteiger partial charge in [-0.2, -0.15) is 0 Å². The lowest BCUT2D eigenvalue weighted by atomic mass is 9.95. The van der Waals surface area contributed by atoms with Crippen LogP contribution in [0.1, 0.15) is 37.8 Å². The molecule has 2 heterocycles. The van der Waals surface area contributed by atoms with E-state index in [0.717, 1.165) is 38.2 Å². The van der Waals surface area contributed by atoms with Gasteiger partial charge in [-0.05, 0) is 43.2 Å². The van der Waals surface area contributed by atoms with Gasteiger partial charge in [-0.3, -0.25) is 0 Å². The van der Waals surface area contributed by atoms with E-state index in [2.05, 4.69) is 31.7 Å². The molecule has 0 amide bonds. The maximum atomic E-state index is 6.03. The van der Waals surface area contributed by atoms with Gasteiger partial charge in [0.15, 0.2) is 0 Å². The lowest BCUT2D eigenvalue weighted by Crippen LogP contribution is -2.44. The van der Waals surface area contributed by atoms with Crippen LogP contribution in [0.25, 0.3) is 0 Å². The Labute approximate surface area is 128 Å². The van der Waals surface area contributed by atoms with Crippen LogP contribution in [0.15, 0.2) is 12.3 Å². The molecular formula is C17H29N3O. The van der Waals surface area contributed by atoms with Crippen molar-refractivity contribution in [3.05, 3.63) is 23.4 Å². The lowest BCUT2D eigenvalue weighted by Gasteiger charge is -2.37. The second kappa shape index (κ2) is 7.23. The summed E-state index contributed by atoms with van der Waals surface area (Å²) in [6.07, 6.45) is 5.34. The minimum Gasteiger partial charge on any atom is -0.379 e. The molecule has 0 radical (unpaired) electrons. The number of aryl methyl sites for hydroxylation is 1. The van der Waals surface area contributed by atoms with Gasteiger partial charge in [-0.25, -0.2) is 4.98 Å². The van der Waals surface area contributed by atoms with Crippen molar-refractivity contribution in [2.75, 3.05) is 25.1 Å². The molecule has 0 aliphatic carbocycles. The standard InChI is InChI=1S/C17H29N3O/c1-5-15(18)9-14-8-13(3)17(19-10-14)20-7-6-12(2)16(11-20)21-4/h8,10,12,15-16H,5-7,9,11,18H2,1-4H3. The fourth-order valence-corrected chi connectivity index (χ4v) is 3.05. The van der Waals surface area contributed by atoms with Gasteiger partial charge in [0, 0.05) is 32.4 Å². The summed E-state index contributed by atoms with van der Waals surface area (Å²) in [4.78, 5) is 7.05. The Bertz CT molecular complexity index is 463. The lowest BCUT2D eigenvalue weighted by molar-refractivity contribution is 0.0496. The van der Waals surface area contributed by atoms with E-state index in [-0.39, 0.29) is 6.04 Å². The first-order valence-electron chi connectivity index (χ1n) is 8.04. The molecule has 4 nitrogen and oxygen atoms in total. The molecule has 3 atom stereocenters. The van der Waals surface area contributed by atoms with Crippen LogP contribution in [-0.4, -0.2) is 37.3 Å².